The van der Waals surface area contributed by atoms with E-state index in [0.717, 1.165) is 11.9 Å². The van der Waals surface area contributed by atoms with E-state index in [1.54, 1.807) is 6.92 Å². The van der Waals surface area contributed by atoms with E-state index >= 15 is 4.79 Å². The van der Waals surface area contributed by atoms with Gasteiger partial charge >= 0.3 is 17.9 Å². The van der Waals surface area contributed by atoms with Crippen LogP contribution in [0.15, 0.2) is 11.6 Å². The van der Waals surface area contributed by atoms with Gasteiger partial charge in [-0.05, 0) is 123 Å². The van der Waals surface area contributed by atoms with Gasteiger partial charge in [0.2, 0.25) is 12.6 Å². The normalized spacial score (nSPS) is 46.3. The van der Waals surface area contributed by atoms with Gasteiger partial charge in [-0.3, -0.25) is 19.6 Å². The van der Waals surface area contributed by atoms with Crippen LogP contribution in [0, 0.1) is 62.1 Å². The van der Waals surface area contributed by atoms with Gasteiger partial charge in [-0.2, -0.15) is 0 Å². The van der Waals surface area contributed by atoms with Gasteiger partial charge in [0.15, 0.2) is 24.8 Å². The van der Waals surface area contributed by atoms with Crippen LogP contribution in [0.4, 0.5) is 0 Å². The summed E-state index contributed by atoms with van der Waals surface area (Å²) < 4.78 is 54.1. The van der Waals surface area contributed by atoms with Crippen molar-refractivity contribution in [3.05, 3.63) is 11.6 Å². The zero-order chi connectivity index (χ0) is 74.6. The molecule has 0 aromatic heterocycles. The Morgan fingerprint density at radius 2 is 1.27 bits per heavy atom. The summed E-state index contributed by atoms with van der Waals surface area (Å²) in [5.74, 6) is -4.20. The third-order valence-electron chi connectivity index (χ3n) is 25.9. The fourth-order valence-corrected chi connectivity index (χ4v) is 18.9. The third-order valence-corrected chi connectivity index (χ3v) is 25.9. The second kappa shape index (κ2) is 32.4. The van der Waals surface area contributed by atoms with Crippen LogP contribution in [0.5, 0.6) is 0 Å². The number of aliphatic hydroxyl groups excluding tert-OH is 13. The molecule has 0 radical (unpaired) electrons. The highest BCUT2D eigenvalue weighted by Gasteiger charge is 2.73. The Morgan fingerprint density at radius 1 is 0.644 bits per heavy atom. The molecule has 0 bridgehead atoms. The first kappa shape index (κ1) is 82.0. The predicted octanol–water partition coefficient (Wildman–Crippen LogP) is 1.44. The SMILES string of the molecule is CC[C@H](C)[C@H](C[C@H](O)CC(=O)O[C@@H]1C(C)O[C@@H](OC(=O)[C@]23CCC(C)(C)CC2C2=CCC4[C@@]5(C)CC[C@H](OO[C@@H]6OC[C@@H](O)C(O)C6O)[C@@](C)(C=O)C5CC[C@@]4(C)[C@]2(C)C[C@H]3O)C(O[C@@H]2OC(C)[C@H](OO)C(O[C@@H]3OC(CO)[C@@H](O)C(O)C3O)C2O)C1O)OC(=O)C[C@@H](O)C[C@H](O)[C@@H](C)CC. The van der Waals surface area contributed by atoms with Gasteiger partial charge < -0.3 is 114 Å². The Bertz CT molecular complexity index is 2830. The summed E-state index contributed by atoms with van der Waals surface area (Å²) in [6.07, 6.45) is -33.0. The first-order valence-corrected chi connectivity index (χ1v) is 36.4. The fraction of sp³-hybridized carbons (Fsp3) is 0.915. The smallest absolute Gasteiger partial charge is 0.317 e. The molecule has 580 valence electrons. The number of carbonyl (C=O) groups is 4. The van der Waals surface area contributed by atoms with Crippen molar-refractivity contribution in [2.75, 3.05) is 13.2 Å². The highest BCUT2D eigenvalue weighted by molar-refractivity contribution is 5.80. The first-order valence-electron chi connectivity index (χ1n) is 36.4. The fourth-order valence-electron chi connectivity index (χ4n) is 18.9. The summed E-state index contributed by atoms with van der Waals surface area (Å²) in [4.78, 5) is 73.1. The van der Waals surface area contributed by atoms with Gasteiger partial charge in [-0.15, -0.1) is 0 Å². The molecule has 30 heteroatoms. The molecule has 4 saturated heterocycles. The number of esters is 3. The minimum Gasteiger partial charge on any atom is -0.462 e. The summed E-state index contributed by atoms with van der Waals surface area (Å²) in [5, 5.41) is 154. The lowest BCUT2D eigenvalue weighted by atomic mass is 9.33. The van der Waals surface area contributed by atoms with Crippen molar-refractivity contribution in [3.8, 4) is 0 Å². The summed E-state index contributed by atoms with van der Waals surface area (Å²) in [5.41, 5.74) is -3.95. The standard InChI is InChI=1S/C71H116O30/c1-13-32(3)40(76)23-36(74)25-48(79)93-42(33(4)14-2)24-37(75)26-49(80)95-57-34(5)92-64(60(55(57)86)97-63-56(87)59(58(99-89)35(6)91-63)96-62-54(85)52(83)51(82)43(29-72)94-62)98-65(88)71-22-21-66(7,8)27-39(71)38-15-16-45-67(9)19-18-47(100-101-61-53(84)50(81)41(77)30-90-61)68(10,31-73)44(67)17-20-69(45,11)70(38,12)28-46(71)78/h15,31-37,39-47,50-64,72,74-78,81-87,89H,13-14,16-30H2,1-12H3/t32-,33-,34?,35?,36-,37-,39?,40-,41+,42-,43?,44?,45?,46+,47-,50?,51+,52?,53?,54?,55?,56?,57+,58-,59?,60?,61-,62-,63-,64-,67-,68-,69+,70+,71+/m0/s1. The van der Waals surface area contributed by atoms with Gasteiger partial charge in [0.1, 0.15) is 91.1 Å². The van der Waals surface area contributed by atoms with Crippen molar-refractivity contribution in [3.63, 3.8) is 0 Å². The molecule has 14 N–H and O–H groups in total. The van der Waals surface area contributed by atoms with E-state index in [4.69, 9.17) is 57.3 Å². The van der Waals surface area contributed by atoms with E-state index < -0.39 is 224 Å². The molecule has 4 aliphatic heterocycles. The summed E-state index contributed by atoms with van der Waals surface area (Å²) in [6, 6.07) is 0. The molecule has 9 rings (SSSR count). The van der Waals surface area contributed by atoms with Gasteiger partial charge in [-0.1, -0.05) is 93.7 Å². The molecule has 9 aliphatic rings. The average molecular weight is 1450 g/mol. The maximum Gasteiger partial charge on any atom is 0.317 e. The van der Waals surface area contributed by atoms with Gasteiger partial charge in [-0.25, -0.2) is 14.7 Å². The second-order valence-corrected chi connectivity index (χ2v) is 32.7. The molecule has 8 fully saturated rings. The van der Waals surface area contributed by atoms with Crippen LogP contribution in [0.3, 0.4) is 0 Å². The molecule has 0 spiro atoms. The molecule has 30 nitrogen and oxygen atoms in total. The molecule has 0 aromatic rings. The lowest BCUT2D eigenvalue weighted by molar-refractivity contribution is -0.443. The average Bonchev–Trinajstić information content (AvgIpc) is 0.671. The van der Waals surface area contributed by atoms with Crippen molar-refractivity contribution in [2.45, 2.75) is 333 Å². The van der Waals surface area contributed by atoms with Crippen molar-refractivity contribution in [2.24, 2.45) is 62.1 Å². The largest absolute Gasteiger partial charge is 0.462 e. The Balaban J connectivity index is 0.983. The van der Waals surface area contributed by atoms with Crippen LogP contribution in [0.25, 0.3) is 0 Å². The number of hydrogen-bond acceptors (Lipinski definition) is 30. The van der Waals surface area contributed by atoms with Crippen molar-refractivity contribution in [1.82, 2.24) is 0 Å². The van der Waals surface area contributed by atoms with E-state index in [2.05, 4.69) is 40.7 Å². The number of hydrogen-bond donors (Lipinski definition) is 14. The molecular weight excluding hydrogens is 1330 g/mol. The maximum atomic E-state index is 16.0. The van der Waals surface area contributed by atoms with E-state index in [0.29, 0.717) is 57.8 Å². The molecule has 5 aliphatic carbocycles. The van der Waals surface area contributed by atoms with Crippen LogP contribution in [-0.2, 0) is 76.5 Å². The molecule has 0 amide bonds. The molecule has 4 saturated carbocycles. The highest BCUT2D eigenvalue weighted by Crippen LogP contribution is 2.76. The van der Waals surface area contributed by atoms with Crippen LogP contribution >= 0.6 is 0 Å². The Kier molecular flexibility index (Phi) is 26.3. The number of aldehydes is 1. The summed E-state index contributed by atoms with van der Waals surface area (Å²) in [7, 11) is 0. The molecule has 101 heavy (non-hydrogen) atoms. The molecule has 35 atom stereocenters. The Labute approximate surface area is 590 Å². The number of allylic oxidation sites excluding steroid dienone is 2. The van der Waals surface area contributed by atoms with Gasteiger partial charge in [0.05, 0.1) is 68.1 Å². The van der Waals surface area contributed by atoms with E-state index in [1.165, 1.54) is 13.8 Å². The molecular formula is C71H116O30. The van der Waals surface area contributed by atoms with Gasteiger partial charge in [0, 0.05) is 12.8 Å². The summed E-state index contributed by atoms with van der Waals surface area (Å²) in [6.45, 7) is 21.6. The van der Waals surface area contributed by atoms with Crippen molar-refractivity contribution < 1.29 is 148 Å². The lowest BCUT2D eigenvalue weighted by Crippen LogP contribution is -2.69. The van der Waals surface area contributed by atoms with Crippen LogP contribution in [0.1, 0.15) is 179 Å². The highest BCUT2D eigenvalue weighted by atomic mass is 17.2. The first-order chi connectivity index (χ1) is 47.3. The monoisotopic (exact) mass is 1450 g/mol. The molecule has 14 unspecified atom stereocenters. The number of aliphatic hydroxyl groups is 13. The Hall–Kier alpha value is -3.10. The van der Waals surface area contributed by atoms with Crippen LogP contribution in [0.2, 0.25) is 0 Å². The third kappa shape index (κ3) is 15.8. The predicted molar refractivity (Wildman–Crippen MR) is 347 cm³/mol. The topological polar surface area (TPSA) is 462 Å². The minimum absolute atomic E-state index is 0.0613. The van der Waals surface area contributed by atoms with Gasteiger partial charge in [0.25, 0.3) is 0 Å². The van der Waals surface area contributed by atoms with E-state index in [-0.39, 0.29) is 61.4 Å². The summed E-state index contributed by atoms with van der Waals surface area (Å²) >= 11 is 0. The zero-order valence-corrected chi connectivity index (χ0v) is 60.3. The number of ether oxygens (including phenoxy) is 9. The zero-order valence-electron chi connectivity index (χ0n) is 60.3. The second-order valence-electron chi connectivity index (χ2n) is 32.7. The number of rotatable bonds is 26. The minimum atomic E-state index is -2.11. The molecule has 4 heterocycles. The Morgan fingerprint density at radius 3 is 1.92 bits per heavy atom. The van der Waals surface area contributed by atoms with Crippen LogP contribution in [-0.4, -0.2) is 262 Å². The quantitative estimate of drug-likeness (QED) is 0.0145. The molecule has 0 aromatic carbocycles. The van der Waals surface area contributed by atoms with E-state index in [9.17, 15) is 86.0 Å². The van der Waals surface area contributed by atoms with Crippen molar-refractivity contribution in [1.29, 1.82) is 0 Å². The van der Waals surface area contributed by atoms with Crippen LogP contribution < -0.4 is 0 Å². The van der Waals surface area contributed by atoms with E-state index in [1.807, 2.05) is 27.7 Å². The lowest BCUT2D eigenvalue weighted by Gasteiger charge is -2.71. The van der Waals surface area contributed by atoms with Crippen molar-refractivity contribution >= 4 is 24.2 Å². The number of carbonyl (C=O) groups excluding carboxylic acids is 4. The maximum absolute atomic E-state index is 16.0. The number of fused-ring (bicyclic) bond motifs is 7.